The first-order valence-corrected chi connectivity index (χ1v) is 6.01. The van der Waals surface area contributed by atoms with Crippen LogP contribution >= 0.6 is 11.6 Å². The fourth-order valence-electron chi connectivity index (χ4n) is 1.61. The van der Waals surface area contributed by atoms with Crippen molar-refractivity contribution in [3.63, 3.8) is 0 Å². The van der Waals surface area contributed by atoms with Gasteiger partial charge in [0.15, 0.2) is 5.96 Å². The summed E-state index contributed by atoms with van der Waals surface area (Å²) >= 11 is 5.86. The highest BCUT2D eigenvalue weighted by Crippen LogP contribution is 2.16. The molecule has 0 spiro atoms. The normalized spacial score (nSPS) is 14.7. The second kappa shape index (κ2) is 5.77. The molecular formula is C12H16ClN3O. The summed E-state index contributed by atoms with van der Waals surface area (Å²) in [5, 5.41) is 3.92. The number of benzene rings is 1. The maximum atomic E-state index is 5.86. The lowest BCUT2D eigenvalue weighted by Crippen LogP contribution is -2.37. The minimum Gasteiger partial charge on any atom is -0.492 e. The monoisotopic (exact) mass is 253 g/mol. The molecule has 0 aromatic heterocycles. The van der Waals surface area contributed by atoms with Crippen LogP contribution in [0.4, 0.5) is 0 Å². The standard InChI is InChI=1S/C12H16ClN3O/c1-16-7-5-14-12(16)15-6-8-17-11-4-2-3-10(13)9-11/h2-4,9H,5-8H2,1H3,(H,14,15). The first-order valence-electron chi connectivity index (χ1n) is 5.63. The lowest BCUT2D eigenvalue weighted by Gasteiger charge is -2.15. The number of halogens is 1. The summed E-state index contributed by atoms with van der Waals surface area (Å²) in [6.45, 7) is 3.17. The van der Waals surface area contributed by atoms with Crippen LogP contribution in [0.1, 0.15) is 0 Å². The van der Waals surface area contributed by atoms with Gasteiger partial charge in [0.05, 0.1) is 13.1 Å². The zero-order valence-electron chi connectivity index (χ0n) is 9.82. The van der Waals surface area contributed by atoms with E-state index in [0.29, 0.717) is 11.6 Å². The Kier molecular flexibility index (Phi) is 4.09. The molecule has 0 amide bonds. The van der Waals surface area contributed by atoms with Crippen LogP contribution in [0.15, 0.2) is 29.3 Å². The first kappa shape index (κ1) is 12.0. The van der Waals surface area contributed by atoms with Gasteiger partial charge in [-0.3, -0.25) is 4.99 Å². The Morgan fingerprint density at radius 2 is 2.41 bits per heavy atom. The van der Waals surface area contributed by atoms with Crippen LogP contribution in [-0.4, -0.2) is 44.1 Å². The molecule has 5 heteroatoms. The minimum atomic E-state index is 0.590. The summed E-state index contributed by atoms with van der Waals surface area (Å²) in [5.41, 5.74) is 0. The van der Waals surface area contributed by atoms with Crippen molar-refractivity contribution in [1.82, 2.24) is 10.2 Å². The molecule has 0 unspecified atom stereocenters. The number of guanidine groups is 1. The molecule has 1 aliphatic heterocycles. The highest BCUT2D eigenvalue weighted by molar-refractivity contribution is 6.30. The van der Waals surface area contributed by atoms with Gasteiger partial charge < -0.3 is 15.0 Å². The molecule has 4 nitrogen and oxygen atoms in total. The van der Waals surface area contributed by atoms with Crippen LogP contribution in [0.2, 0.25) is 5.02 Å². The summed E-state index contributed by atoms with van der Waals surface area (Å²) in [6.07, 6.45) is 0. The van der Waals surface area contributed by atoms with Gasteiger partial charge in [-0.25, -0.2) is 0 Å². The van der Waals surface area contributed by atoms with Gasteiger partial charge in [0.1, 0.15) is 12.4 Å². The smallest absolute Gasteiger partial charge is 0.193 e. The molecular weight excluding hydrogens is 238 g/mol. The summed E-state index contributed by atoms with van der Waals surface area (Å²) in [5.74, 6) is 1.74. The van der Waals surface area contributed by atoms with E-state index in [-0.39, 0.29) is 0 Å². The third-order valence-electron chi connectivity index (χ3n) is 2.51. The van der Waals surface area contributed by atoms with Crippen LogP contribution in [-0.2, 0) is 0 Å². The Balaban J connectivity index is 1.70. The average Bonchev–Trinajstić information content (AvgIpc) is 2.71. The van der Waals surface area contributed by atoms with Crippen LogP contribution in [0.25, 0.3) is 0 Å². The van der Waals surface area contributed by atoms with E-state index < -0.39 is 0 Å². The van der Waals surface area contributed by atoms with Gasteiger partial charge in [-0.15, -0.1) is 0 Å². The second-order valence-corrected chi connectivity index (χ2v) is 4.30. The van der Waals surface area contributed by atoms with Gasteiger partial charge >= 0.3 is 0 Å². The third-order valence-corrected chi connectivity index (χ3v) is 2.74. The zero-order valence-corrected chi connectivity index (χ0v) is 10.6. The molecule has 0 saturated heterocycles. The van der Waals surface area contributed by atoms with Crippen LogP contribution < -0.4 is 10.1 Å². The molecule has 0 radical (unpaired) electrons. The molecule has 1 heterocycles. The number of ether oxygens (including phenoxy) is 1. The molecule has 1 N–H and O–H groups in total. The number of hydrogen-bond donors (Lipinski definition) is 1. The lowest BCUT2D eigenvalue weighted by molar-refractivity contribution is 0.320. The van der Waals surface area contributed by atoms with Crippen LogP contribution in [0.3, 0.4) is 0 Å². The van der Waals surface area contributed by atoms with E-state index in [1.807, 2.05) is 25.2 Å². The molecule has 0 saturated carbocycles. The largest absolute Gasteiger partial charge is 0.492 e. The Hall–Kier alpha value is -1.42. The van der Waals surface area contributed by atoms with E-state index in [0.717, 1.165) is 31.3 Å². The maximum absolute atomic E-state index is 5.86. The number of nitrogens with zero attached hydrogens (tertiary/aromatic N) is 2. The Labute approximate surface area is 106 Å². The topological polar surface area (TPSA) is 36.9 Å². The fourth-order valence-corrected chi connectivity index (χ4v) is 1.79. The number of aliphatic imine (C=N–C) groups is 1. The van der Waals surface area contributed by atoms with Gasteiger partial charge in [-0.1, -0.05) is 17.7 Å². The predicted molar refractivity (Wildman–Crippen MR) is 69.9 cm³/mol. The molecule has 0 aliphatic carbocycles. The molecule has 1 aromatic carbocycles. The molecule has 17 heavy (non-hydrogen) atoms. The minimum absolute atomic E-state index is 0.590. The number of nitrogens with one attached hydrogen (secondary N) is 1. The summed E-state index contributed by atoms with van der Waals surface area (Å²) in [7, 11) is 2.02. The van der Waals surface area contributed by atoms with Gasteiger partial charge in [0.2, 0.25) is 0 Å². The molecule has 92 valence electrons. The highest BCUT2D eigenvalue weighted by Gasteiger charge is 2.10. The van der Waals surface area contributed by atoms with Crippen molar-refractivity contribution in [2.45, 2.75) is 0 Å². The Morgan fingerprint density at radius 1 is 1.53 bits per heavy atom. The molecule has 0 fully saturated rings. The van der Waals surface area contributed by atoms with E-state index in [1.165, 1.54) is 0 Å². The van der Waals surface area contributed by atoms with E-state index >= 15 is 0 Å². The molecule has 0 bridgehead atoms. The third kappa shape index (κ3) is 3.53. The van der Waals surface area contributed by atoms with E-state index in [1.54, 1.807) is 6.07 Å². The van der Waals surface area contributed by atoms with Crippen molar-refractivity contribution >= 4 is 17.6 Å². The van der Waals surface area contributed by atoms with Crippen LogP contribution in [0.5, 0.6) is 5.75 Å². The number of hydrogen-bond acceptors (Lipinski definition) is 4. The van der Waals surface area contributed by atoms with Gasteiger partial charge in [-0.2, -0.15) is 0 Å². The summed E-state index contributed by atoms with van der Waals surface area (Å²) in [4.78, 5) is 6.43. The summed E-state index contributed by atoms with van der Waals surface area (Å²) in [6, 6.07) is 7.40. The number of likely N-dealkylation sites (N-methyl/N-ethyl adjacent to an activating group) is 1. The highest BCUT2D eigenvalue weighted by atomic mass is 35.5. The lowest BCUT2D eigenvalue weighted by atomic mass is 10.3. The van der Waals surface area contributed by atoms with Crippen LogP contribution in [0, 0.1) is 0 Å². The van der Waals surface area contributed by atoms with Crippen molar-refractivity contribution in [1.29, 1.82) is 0 Å². The average molecular weight is 254 g/mol. The van der Waals surface area contributed by atoms with Crippen molar-refractivity contribution in [2.75, 3.05) is 33.3 Å². The van der Waals surface area contributed by atoms with E-state index in [4.69, 9.17) is 16.3 Å². The molecule has 2 rings (SSSR count). The molecule has 1 aromatic rings. The van der Waals surface area contributed by atoms with Gasteiger partial charge in [0, 0.05) is 18.6 Å². The maximum Gasteiger partial charge on any atom is 0.193 e. The zero-order chi connectivity index (χ0) is 12.1. The Morgan fingerprint density at radius 3 is 3.12 bits per heavy atom. The van der Waals surface area contributed by atoms with Crippen molar-refractivity contribution in [3.8, 4) is 5.75 Å². The predicted octanol–water partition coefficient (Wildman–Crippen LogP) is 1.61. The number of rotatable bonds is 4. The van der Waals surface area contributed by atoms with E-state index in [2.05, 4.69) is 15.2 Å². The quantitative estimate of drug-likeness (QED) is 0.829. The van der Waals surface area contributed by atoms with Crippen molar-refractivity contribution in [3.05, 3.63) is 29.3 Å². The fraction of sp³-hybridized carbons (Fsp3) is 0.417. The van der Waals surface area contributed by atoms with Gasteiger partial charge in [-0.05, 0) is 18.2 Å². The SMILES string of the molecule is CN1CCN=C1NCCOc1cccc(Cl)c1. The first-order chi connectivity index (χ1) is 8.25. The van der Waals surface area contributed by atoms with E-state index in [9.17, 15) is 0 Å². The second-order valence-electron chi connectivity index (χ2n) is 3.86. The molecule has 1 aliphatic rings. The Bertz CT molecular complexity index is 408. The van der Waals surface area contributed by atoms with Gasteiger partial charge in [0.25, 0.3) is 0 Å². The molecule has 0 atom stereocenters. The summed E-state index contributed by atoms with van der Waals surface area (Å²) < 4.78 is 5.56. The van der Waals surface area contributed by atoms with Crippen molar-refractivity contribution in [2.24, 2.45) is 4.99 Å². The van der Waals surface area contributed by atoms with Crippen molar-refractivity contribution < 1.29 is 4.74 Å².